The van der Waals surface area contributed by atoms with E-state index in [1.54, 1.807) is 12.1 Å². The van der Waals surface area contributed by atoms with E-state index in [-0.39, 0.29) is 11.1 Å². The standard InChI is InChI=1S/C12H14ClFO2/c13-12-8(3-1-4-9(12)14)7-10(15)11-5-2-6-16-11/h1,3-4,10-11,15H,2,5-7H2. The van der Waals surface area contributed by atoms with E-state index in [0.717, 1.165) is 12.8 Å². The molecular formula is C12H14ClFO2. The Balaban J connectivity index is 2.05. The van der Waals surface area contributed by atoms with Crippen LogP contribution in [0.5, 0.6) is 0 Å². The monoisotopic (exact) mass is 244 g/mol. The number of rotatable bonds is 3. The number of halogens is 2. The number of benzene rings is 1. The van der Waals surface area contributed by atoms with Crippen molar-refractivity contribution in [2.24, 2.45) is 0 Å². The molecule has 2 nitrogen and oxygen atoms in total. The summed E-state index contributed by atoms with van der Waals surface area (Å²) in [5.74, 6) is -0.446. The number of hydrogen-bond donors (Lipinski definition) is 1. The van der Waals surface area contributed by atoms with Gasteiger partial charge in [-0.15, -0.1) is 0 Å². The predicted octanol–water partition coefficient (Wildman–Crippen LogP) is 2.56. The average molecular weight is 245 g/mol. The fourth-order valence-corrected chi connectivity index (χ4v) is 2.17. The Morgan fingerprint density at radius 3 is 3.06 bits per heavy atom. The largest absolute Gasteiger partial charge is 0.390 e. The van der Waals surface area contributed by atoms with E-state index in [0.29, 0.717) is 18.6 Å². The van der Waals surface area contributed by atoms with Gasteiger partial charge in [-0.3, -0.25) is 0 Å². The SMILES string of the molecule is OC(Cc1cccc(F)c1Cl)C1CCCO1. The van der Waals surface area contributed by atoms with Crippen molar-refractivity contribution in [2.75, 3.05) is 6.61 Å². The van der Waals surface area contributed by atoms with Crippen molar-refractivity contribution in [1.82, 2.24) is 0 Å². The molecule has 4 heteroatoms. The molecule has 1 saturated heterocycles. The molecule has 16 heavy (non-hydrogen) atoms. The van der Waals surface area contributed by atoms with Gasteiger partial charge in [0.05, 0.1) is 17.2 Å². The fraction of sp³-hybridized carbons (Fsp3) is 0.500. The van der Waals surface area contributed by atoms with Gasteiger partial charge >= 0.3 is 0 Å². The van der Waals surface area contributed by atoms with Crippen LogP contribution in [0.4, 0.5) is 4.39 Å². The van der Waals surface area contributed by atoms with Gasteiger partial charge in [0.2, 0.25) is 0 Å². The molecule has 1 aromatic rings. The summed E-state index contributed by atoms with van der Waals surface area (Å²) in [5, 5.41) is 10.0. The predicted molar refractivity (Wildman–Crippen MR) is 60.1 cm³/mol. The third kappa shape index (κ3) is 2.54. The molecule has 88 valence electrons. The van der Waals surface area contributed by atoms with Gasteiger partial charge in [-0.25, -0.2) is 4.39 Å². The van der Waals surface area contributed by atoms with Crippen LogP contribution in [0.2, 0.25) is 5.02 Å². The minimum absolute atomic E-state index is 0.0968. The van der Waals surface area contributed by atoms with Crippen molar-refractivity contribution in [3.05, 3.63) is 34.6 Å². The molecule has 2 atom stereocenters. The van der Waals surface area contributed by atoms with Gasteiger partial charge in [-0.05, 0) is 24.5 Å². The number of ether oxygens (including phenoxy) is 1. The molecule has 1 fully saturated rings. The van der Waals surface area contributed by atoms with Crippen molar-refractivity contribution < 1.29 is 14.2 Å². The Hall–Kier alpha value is -0.640. The maximum Gasteiger partial charge on any atom is 0.142 e. The Morgan fingerprint density at radius 2 is 2.38 bits per heavy atom. The summed E-state index contributed by atoms with van der Waals surface area (Å²) in [4.78, 5) is 0. The second kappa shape index (κ2) is 5.13. The van der Waals surface area contributed by atoms with Crippen LogP contribution in [0, 0.1) is 5.82 Å². The smallest absolute Gasteiger partial charge is 0.142 e. The molecule has 0 bridgehead atoms. The summed E-state index contributed by atoms with van der Waals surface area (Å²) in [7, 11) is 0. The second-order valence-corrected chi connectivity index (χ2v) is 4.41. The Morgan fingerprint density at radius 1 is 1.56 bits per heavy atom. The molecule has 1 aromatic carbocycles. The van der Waals surface area contributed by atoms with E-state index in [2.05, 4.69) is 0 Å². The maximum atomic E-state index is 13.2. The lowest BCUT2D eigenvalue weighted by molar-refractivity contribution is -0.000787. The minimum Gasteiger partial charge on any atom is -0.390 e. The average Bonchev–Trinajstić information content (AvgIpc) is 2.78. The first-order chi connectivity index (χ1) is 7.68. The maximum absolute atomic E-state index is 13.2. The number of aliphatic hydroxyl groups excluding tert-OH is 1. The van der Waals surface area contributed by atoms with Crippen molar-refractivity contribution in [1.29, 1.82) is 0 Å². The van der Waals surface area contributed by atoms with Crippen molar-refractivity contribution in [3.8, 4) is 0 Å². The van der Waals surface area contributed by atoms with Crippen LogP contribution in [0.15, 0.2) is 18.2 Å². The minimum atomic E-state index is -0.609. The molecule has 0 aliphatic carbocycles. The molecule has 0 saturated carbocycles. The molecule has 1 N–H and O–H groups in total. The number of hydrogen-bond acceptors (Lipinski definition) is 2. The molecule has 2 rings (SSSR count). The van der Waals surface area contributed by atoms with Crippen LogP contribution in [0.25, 0.3) is 0 Å². The van der Waals surface area contributed by atoms with Gasteiger partial charge in [-0.1, -0.05) is 23.7 Å². The van der Waals surface area contributed by atoms with Crippen molar-refractivity contribution >= 4 is 11.6 Å². The third-order valence-corrected chi connectivity index (χ3v) is 3.28. The van der Waals surface area contributed by atoms with E-state index >= 15 is 0 Å². The fourth-order valence-electron chi connectivity index (χ4n) is 1.97. The summed E-state index contributed by atoms with van der Waals surface area (Å²) in [6.45, 7) is 0.693. The lowest BCUT2D eigenvalue weighted by Crippen LogP contribution is -2.27. The second-order valence-electron chi connectivity index (χ2n) is 4.04. The molecule has 1 aliphatic heterocycles. The first-order valence-corrected chi connectivity index (χ1v) is 5.79. The van der Waals surface area contributed by atoms with Crippen LogP contribution in [-0.2, 0) is 11.2 Å². The zero-order chi connectivity index (χ0) is 11.5. The Kier molecular flexibility index (Phi) is 3.79. The molecule has 0 amide bonds. The van der Waals surface area contributed by atoms with Crippen LogP contribution in [-0.4, -0.2) is 23.9 Å². The summed E-state index contributed by atoms with van der Waals surface area (Å²) >= 11 is 5.82. The van der Waals surface area contributed by atoms with Crippen LogP contribution >= 0.6 is 11.6 Å². The molecule has 2 unspecified atom stereocenters. The summed E-state index contributed by atoms with van der Waals surface area (Å²) in [6.07, 6.45) is 1.41. The molecule has 1 aliphatic rings. The number of aliphatic hydroxyl groups is 1. The Bertz CT molecular complexity index is 364. The highest BCUT2D eigenvalue weighted by atomic mass is 35.5. The first-order valence-electron chi connectivity index (χ1n) is 5.41. The normalized spacial score (nSPS) is 22.3. The van der Waals surface area contributed by atoms with E-state index < -0.39 is 11.9 Å². The molecule has 0 spiro atoms. The first kappa shape index (κ1) is 11.8. The van der Waals surface area contributed by atoms with Gasteiger partial charge in [0.25, 0.3) is 0 Å². The molecular weight excluding hydrogens is 231 g/mol. The highest BCUT2D eigenvalue weighted by Gasteiger charge is 2.25. The van der Waals surface area contributed by atoms with Crippen LogP contribution < -0.4 is 0 Å². The quantitative estimate of drug-likeness (QED) is 0.886. The highest BCUT2D eigenvalue weighted by molar-refractivity contribution is 6.31. The molecule has 0 aromatic heterocycles. The topological polar surface area (TPSA) is 29.5 Å². The van der Waals surface area contributed by atoms with E-state index in [1.165, 1.54) is 6.07 Å². The third-order valence-electron chi connectivity index (χ3n) is 2.85. The van der Waals surface area contributed by atoms with Crippen LogP contribution in [0.3, 0.4) is 0 Å². The Labute approximate surface area is 99.0 Å². The van der Waals surface area contributed by atoms with Gasteiger partial charge in [0.1, 0.15) is 5.82 Å². The van der Waals surface area contributed by atoms with E-state index in [4.69, 9.17) is 16.3 Å². The van der Waals surface area contributed by atoms with Crippen molar-refractivity contribution in [2.45, 2.75) is 31.5 Å². The van der Waals surface area contributed by atoms with Gasteiger partial charge in [-0.2, -0.15) is 0 Å². The van der Waals surface area contributed by atoms with Crippen molar-refractivity contribution in [3.63, 3.8) is 0 Å². The lowest BCUT2D eigenvalue weighted by atomic mass is 10.0. The highest BCUT2D eigenvalue weighted by Crippen LogP contribution is 2.24. The lowest BCUT2D eigenvalue weighted by Gasteiger charge is -2.17. The summed E-state index contributed by atoms with van der Waals surface area (Å²) in [6, 6.07) is 4.63. The van der Waals surface area contributed by atoms with Crippen LogP contribution in [0.1, 0.15) is 18.4 Å². The zero-order valence-electron chi connectivity index (χ0n) is 8.83. The van der Waals surface area contributed by atoms with E-state index in [1.807, 2.05) is 0 Å². The zero-order valence-corrected chi connectivity index (χ0v) is 9.58. The van der Waals surface area contributed by atoms with Gasteiger partial charge in [0.15, 0.2) is 0 Å². The summed E-state index contributed by atoms with van der Waals surface area (Å²) in [5.41, 5.74) is 0.629. The summed E-state index contributed by atoms with van der Waals surface area (Å²) < 4.78 is 18.5. The molecule has 0 radical (unpaired) electrons. The van der Waals surface area contributed by atoms with E-state index in [9.17, 15) is 9.50 Å². The van der Waals surface area contributed by atoms with Gasteiger partial charge in [0, 0.05) is 13.0 Å². The van der Waals surface area contributed by atoms with Gasteiger partial charge < -0.3 is 9.84 Å². The molecule has 1 heterocycles.